The summed E-state index contributed by atoms with van der Waals surface area (Å²) in [5.41, 5.74) is 0. The molecule has 78 valence electrons. The fourth-order valence-corrected chi connectivity index (χ4v) is 2.06. The van der Waals surface area contributed by atoms with Gasteiger partial charge in [-0.15, -0.1) is 11.8 Å². The second-order valence-corrected chi connectivity index (χ2v) is 5.18. The number of amides is 1. The van der Waals surface area contributed by atoms with Gasteiger partial charge in [0.15, 0.2) is 0 Å². The van der Waals surface area contributed by atoms with Gasteiger partial charge in [0.25, 0.3) is 0 Å². The predicted octanol–water partition coefficient (Wildman–Crippen LogP) is 0.966. The van der Waals surface area contributed by atoms with Gasteiger partial charge in [-0.1, -0.05) is 6.92 Å². The van der Waals surface area contributed by atoms with E-state index in [2.05, 4.69) is 0 Å². The lowest BCUT2D eigenvalue weighted by atomic mass is 10.3. The van der Waals surface area contributed by atoms with E-state index >= 15 is 0 Å². The topological polar surface area (TPSA) is 40.5 Å². The molecule has 0 aliphatic heterocycles. The maximum atomic E-state index is 11.4. The third-order valence-corrected chi connectivity index (χ3v) is 3.32. The third kappa shape index (κ3) is 4.52. The Labute approximate surface area is 84.5 Å². The first-order chi connectivity index (χ1) is 5.86. The second-order valence-electron chi connectivity index (χ2n) is 3.46. The average Bonchev–Trinajstić information content (AvgIpc) is 2.02. The van der Waals surface area contributed by atoms with Crippen LogP contribution in [0.25, 0.3) is 0 Å². The molecule has 0 heterocycles. The molecule has 0 aliphatic carbocycles. The van der Waals surface area contributed by atoms with Crippen molar-refractivity contribution in [3.8, 4) is 0 Å². The first kappa shape index (κ1) is 12.8. The Hall–Kier alpha value is -0.220. The van der Waals surface area contributed by atoms with Crippen LogP contribution in [0.2, 0.25) is 0 Å². The summed E-state index contributed by atoms with van der Waals surface area (Å²) in [5, 5.41) is 9.26. The lowest BCUT2D eigenvalue weighted by Gasteiger charge is -2.21. The van der Waals surface area contributed by atoms with Gasteiger partial charge in [0, 0.05) is 19.3 Å². The summed E-state index contributed by atoms with van der Waals surface area (Å²) in [6, 6.07) is 0. The molecule has 0 bridgehead atoms. The molecule has 3 atom stereocenters. The van der Waals surface area contributed by atoms with Crippen molar-refractivity contribution in [2.24, 2.45) is 0 Å². The number of carbonyl (C=O) groups is 1. The Balaban J connectivity index is 4.00. The van der Waals surface area contributed by atoms with Crippen LogP contribution >= 0.6 is 11.8 Å². The highest BCUT2D eigenvalue weighted by atomic mass is 32.2. The monoisotopic (exact) mass is 205 g/mol. The van der Waals surface area contributed by atoms with Crippen LogP contribution in [0, 0.1) is 0 Å². The highest BCUT2D eigenvalue weighted by molar-refractivity contribution is 8.01. The molecule has 3 unspecified atom stereocenters. The molecule has 1 amide bonds. The van der Waals surface area contributed by atoms with Crippen LogP contribution in [0.1, 0.15) is 20.8 Å². The fourth-order valence-electron chi connectivity index (χ4n) is 0.857. The minimum absolute atomic E-state index is 0.0837. The Morgan fingerprint density at radius 2 is 1.77 bits per heavy atom. The van der Waals surface area contributed by atoms with Crippen LogP contribution in [0.4, 0.5) is 0 Å². The Bertz CT molecular complexity index is 171. The van der Waals surface area contributed by atoms with Gasteiger partial charge in [-0.05, 0) is 13.8 Å². The van der Waals surface area contributed by atoms with E-state index in [1.165, 1.54) is 11.8 Å². The van der Waals surface area contributed by atoms with Gasteiger partial charge < -0.3 is 10.0 Å². The zero-order chi connectivity index (χ0) is 10.6. The van der Waals surface area contributed by atoms with Crippen LogP contribution in [0.15, 0.2) is 0 Å². The number of aliphatic hydroxyl groups excluding tert-OH is 1. The van der Waals surface area contributed by atoms with E-state index < -0.39 is 0 Å². The number of nitrogens with zero attached hydrogens (tertiary/aromatic N) is 1. The number of aliphatic hydroxyl groups is 1. The average molecular weight is 205 g/mol. The van der Waals surface area contributed by atoms with Crippen LogP contribution in [-0.4, -0.2) is 46.6 Å². The standard InChI is InChI=1S/C9H19NO2S/c1-6(11)7(2)13-8(3)9(12)10(4)5/h6-8,11H,1-5H3. The van der Waals surface area contributed by atoms with E-state index in [0.29, 0.717) is 0 Å². The summed E-state index contributed by atoms with van der Waals surface area (Å²) in [6.07, 6.45) is -0.373. The van der Waals surface area contributed by atoms with E-state index in [-0.39, 0.29) is 22.5 Å². The molecule has 0 aromatic rings. The molecular formula is C9H19NO2S. The normalized spacial score (nSPS) is 17.7. The number of hydrogen-bond acceptors (Lipinski definition) is 3. The van der Waals surface area contributed by atoms with Gasteiger partial charge in [-0.3, -0.25) is 4.79 Å². The third-order valence-electron chi connectivity index (χ3n) is 1.89. The van der Waals surface area contributed by atoms with Crippen molar-refractivity contribution >= 4 is 17.7 Å². The molecule has 0 fully saturated rings. The molecule has 4 heteroatoms. The van der Waals surface area contributed by atoms with Crippen molar-refractivity contribution in [3.63, 3.8) is 0 Å². The van der Waals surface area contributed by atoms with Gasteiger partial charge >= 0.3 is 0 Å². The molecule has 0 aromatic carbocycles. The Morgan fingerprint density at radius 1 is 1.31 bits per heavy atom. The van der Waals surface area contributed by atoms with Crippen LogP contribution in [0.5, 0.6) is 0 Å². The maximum absolute atomic E-state index is 11.4. The van der Waals surface area contributed by atoms with Gasteiger partial charge in [0.1, 0.15) is 0 Å². The van der Waals surface area contributed by atoms with Crippen molar-refractivity contribution in [2.75, 3.05) is 14.1 Å². The molecule has 0 radical (unpaired) electrons. The van der Waals surface area contributed by atoms with E-state index in [1.807, 2.05) is 13.8 Å². The Morgan fingerprint density at radius 3 is 2.08 bits per heavy atom. The van der Waals surface area contributed by atoms with Gasteiger partial charge in [0.2, 0.25) is 5.91 Å². The summed E-state index contributed by atoms with van der Waals surface area (Å²) in [5.74, 6) is 0.0949. The number of thioether (sulfide) groups is 1. The second kappa shape index (κ2) is 5.50. The molecular weight excluding hydrogens is 186 g/mol. The van der Waals surface area contributed by atoms with E-state index in [1.54, 1.807) is 25.9 Å². The zero-order valence-corrected chi connectivity index (χ0v) is 9.76. The Kier molecular flexibility index (Phi) is 5.40. The highest BCUT2D eigenvalue weighted by Gasteiger charge is 2.20. The predicted molar refractivity (Wildman–Crippen MR) is 56.9 cm³/mol. The number of carbonyl (C=O) groups excluding carboxylic acids is 1. The van der Waals surface area contributed by atoms with Gasteiger partial charge in [0.05, 0.1) is 11.4 Å². The summed E-state index contributed by atoms with van der Waals surface area (Å²) in [7, 11) is 3.48. The fraction of sp³-hybridized carbons (Fsp3) is 0.889. The first-order valence-electron chi connectivity index (χ1n) is 4.41. The van der Waals surface area contributed by atoms with E-state index in [0.717, 1.165) is 0 Å². The summed E-state index contributed by atoms with van der Waals surface area (Å²) >= 11 is 1.50. The molecule has 0 rings (SSSR count). The lowest BCUT2D eigenvalue weighted by Crippen LogP contribution is -2.32. The smallest absolute Gasteiger partial charge is 0.234 e. The number of hydrogen-bond donors (Lipinski definition) is 1. The molecule has 0 saturated heterocycles. The van der Waals surface area contributed by atoms with Crippen LogP contribution in [0.3, 0.4) is 0 Å². The quantitative estimate of drug-likeness (QED) is 0.743. The molecule has 1 N–H and O–H groups in total. The van der Waals surface area contributed by atoms with Crippen LogP contribution in [-0.2, 0) is 4.79 Å². The molecule has 0 aromatic heterocycles. The van der Waals surface area contributed by atoms with Crippen molar-refractivity contribution < 1.29 is 9.90 Å². The van der Waals surface area contributed by atoms with Crippen molar-refractivity contribution in [2.45, 2.75) is 37.4 Å². The SMILES string of the molecule is CC(SC(C)C(C)O)C(=O)N(C)C. The molecule has 13 heavy (non-hydrogen) atoms. The van der Waals surface area contributed by atoms with Crippen molar-refractivity contribution in [1.82, 2.24) is 4.90 Å². The molecule has 0 saturated carbocycles. The van der Waals surface area contributed by atoms with Gasteiger partial charge in [-0.25, -0.2) is 0 Å². The minimum Gasteiger partial charge on any atom is -0.392 e. The summed E-state index contributed by atoms with van der Waals surface area (Å²) < 4.78 is 0. The van der Waals surface area contributed by atoms with Crippen molar-refractivity contribution in [1.29, 1.82) is 0 Å². The number of rotatable bonds is 4. The van der Waals surface area contributed by atoms with Gasteiger partial charge in [-0.2, -0.15) is 0 Å². The van der Waals surface area contributed by atoms with Crippen molar-refractivity contribution in [3.05, 3.63) is 0 Å². The first-order valence-corrected chi connectivity index (χ1v) is 5.35. The summed E-state index contributed by atoms with van der Waals surface area (Å²) in [6.45, 7) is 5.53. The largest absolute Gasteiger partial charge is 0.392 e. The molecule has 0 aliphatic rings. The van der Waals surface area contributed by atoms with Crippen LogP contribution < -0.4 is 0 Å². The van der Waals surface area contributed by atoms with E-state index in [4.69, 9.17) is 0 Å². The van der Waals surface area contributed by atoms with E-state index in [9.17, 15) is 9.90 Å². The lowest BCUT2D eigenvalue weighted by molar-refractivity contribution is -0.127. The zero-order valence-electron chi connectivity index (χ0n) is 8.94. The maximum Gasteiger partial charge on any atom is 0.234 e. The molecule has 3 nitrogen and oxygen atoms in total. The minimum atomic E-state index is -0.373. The summed E-state index contributed by atoms with van der Waals surface area (Å²) in [4.78, 5) is 13.0. The molecule has 0 spiro atoms. The highest BCUT2D eigenvalue weighted by Crippen LogP contribution is 2.21.